The molecule has 0 bridgehead atoms. The van der Waals surface area contributed by atoms with Crippen molar-refractivity contribution < 1.29 is 14.0 Å². The van der Waals surface area contributed by atoms with Crippen molar-refractivity contribution in [1.82, 2.24) is 15.5 Å². The highest BCUT2D eigenvalue weighted by Gasteiger charge is 2.26. The van der Waals surface area contributed by atoms with Crippen LogP contribution in [-0.4, -0.2) is 36.0 Å². The number of furan rings is 1. The number of hydrogen-bond acceptors (Lipinski definition) is 3. The Morgan fingerprint density at radius 2 is 1.96 bits per heavy atom. The molecule has 3 amide bonds. The molecule has 0 radical (unpaired) electrons. The number of benzene rings is 1. The lowest BCUT2D eigenvalue weighted by molar-refractivity contribution is 0.0676. The second kappa shape index (κ2) is 8.67. The molecule has 1 aromatic heterocycles. The highest BCUT2D eigenvalue weighted by molar-refractivity contribution is 6.35. The first-order valence-electron chi connectivity index (χ1n) is 8.79. The summed E-state index contributed by atoms with van der Waals surface area (Å²) in [4.78, 5) is 26.3. The maximum absolute atomic E-state index is 12.3. The molecule has 1 fully saturated rings. The van der Waals surface area contributed by atoms with Gasteiger partial charge in [-0.05, 0) is 49.6 Å². The predicted molar refractivity (Wildman–Crippen MR) is 104 cm³/mol. The SMILES string of the molecule is C[C@@H](NC(=O)NC1CCN(C(=O)c2ccco2)CC1)c1ccc(Cl)cc1Cl. The molecule has 144 valence electrons. The Kier molecular flexibility index (Phi) is 6.29. The van der Waals surface area contributed by atoms with Gasteiger partial charge in [0.05, 0.1) is 12.3 Å². The van der Waals surface area contributed by atoms with E-state index in [0.29, 0.717) is 41.7 Å². The van der Waals surface area contributed by atoms with Gasteiger partial charge in [0, 0.05) is 29.2 Å². The number of likely N-dealkylation sites (tertiary alicyclic amines) is 1. The molecular weight excluding hydrogens is 389 g/mol. The summed E-state index contributed by atoms with van der Waals surface area (Å²) in [6.07, 6.45) is 2.87. The van der Waals surface area contributed by atoms with Gasteiger partial charge in [-0.15, -0.1) is 0 Å². The molecule has 0 unspecified atom stereocenters. The van der Waals surface area contributed by atoms with E-state index in [1.165, 1.54) is 6.26 Å². The third-order valence-electron chi connectivity index (χ3n) is 4.63. The van der Waals surface area contributed by atoms with Crippen molar-refractivity contribution in [2.45, 2.75) is 31.8 Å². The van der Waals surface area contributed by atoms with Crippen LogP contribution in [0.25, 0.3) is 0 Å². The Labute approximate surface area is 167 Å². The number of nitrogens with one attached hydrogen (secondary N) is 2. The quantitative estimate of drug-likeness (QED) is 0.792. The van der Waals surface area contributed by atoms with Crippen LogP contribution in [0.15, 0.2) is 41.0 Å². The first-order valence-corrected chi connectivity index (χ1v) is 9.54. The Morgan fingerprint density at radius 1 is 1.22 bits per heavy atom. The molecule has 0 spiro atoms. The summed E-state index contributed by atoms with van der Waals surface area (Å²) in [7, 11) is 0. The van der Waals surface area contributed by atoms with Gasteiger partial charge in [-0.1, -0.05) is 29.3 Å². The van der Waals surface area contributed by atoms with Crippen molar-refractivity contribution in [3.63, 3.8) is 0 Å². The third-order valence-corrected chi connectivity index (χ3v) is 5.19. The fourth-order valence-corrected chi connectivity index (χ4v) is 3.71. The number of rotatable bonds is 4. The zero-order chi connectivity index (χ0) is 19.4. The Hall–Kier alpha value is -2.18. The van der Waals surface area contributed by atoms with Crippen LogP contribution >= 0.6 is 23.2 Å². The van der Waals surface area contributed by atoms with E-state index in [9.17, 15) is 9.59 Å². The summed E-state index contributed by atoms with van der Waals surface area (Å²) in [6, 6.07) is 8.04. The number of hydrogen-bond donors (Lipinski definition) is 2. The smallest absolute Gasteiger partial charge is 0.315 e. The van der Waals surface area contributed by atoms with Crippen molar-refractivity contribution in [3.05, 3.63) is 58.0 Å². The number of carbonyl (C=O) groups is 2. The molecule has 8 heteroatoms. The number of piperidine rings is 1. The highest BCUT2D eigenvalue weighted by Crippen LogP contribution is 2.26. The summed E-state index contributed by atoms with van der Waals surface area (Å²) in [5.74, 6) is 0.224. The summed E-state index contributed by atoms with van der Waals surface area (Å²) < 4.78 is 5.15. The number of carbonyl (C=O) groups excluding carboxylic acids is 2. The lowest BCUT2D eigenvalue weighted by Crippen LogP contribution is -2.49. The first-order chi connectivity index (χ1) is 12.9. The Morgan fingerprint density at radius 3 is 2.59 bits per heavy atom. The van der Waals surface area contributed by atoms with Gasteiger partial charge >= 0.3 is 6.03 Å². The van der Waals surface area contributed by atoms with Crippen LogP contribution in [-0.2, 0) is 0 Å². The van der Waals surface area contributed by atoms with Crippen LogP contribution in [0.3, 0.4) is 0 Å². The molecule has 0 saturated carbocycles. The zero-order valence-electron chi connectivity index (χ0n) is 14.9. The van der Waals surface area contributed by atoms with Gasteiger partial charge in [0.1, 0.15) is 0 Å². The van der Waals surface area contributed by atoms with E-state index in [1.807, 2.05) is 6.92 Å². The van der Waals surface area contributed by atoms with Crippen molar-refractivity contribution >= 4 is 35.1 Å². The van der Waals surface area contributed by atoms with E-state index in [0.717, 1.165) is 5.56 Å². The van der Waals surface area contributed by atoms with Gasteiger partial charge in [0.25, 0.3) is 5.91 Å². The predicted octanol–water partition coefficient (Wildman–Crippen LogP) is 4.25. The average molecular weight is 410 g/mol. The zero-order valence-corrected chi connectivity index (χ0v) is 16.4. The maximum Gasteiger partial charge on any atom is 0.315 e. The molecular formula is C19H21Cl2N3O3. The maximum atomic E-state index is 12.3. The standard InChI is InChI=1S/C19H21Cl2N3O3/c1-12(15-5-4-13(20)11-16(15)21)22-19(26)23-14-6-8-24(9-7-14)18(25)17-3-2-10-27-17/h2-5,10-12,14H,6-9H2,1H3,(H2,22,23,26)/t12-/m1/s1. The Balaban J connectivity index is 1.47. The van der Waals surface area contributed by atoms with Gasteiger partial charge < -0.3 is 20.0 Å². The minimum absolute atomic E-state index is 0.0125. The van der Waals surface area contributed by atoms with Crippen LogP contribution in [0, 0.1) is 0 Å². The van der Waals surface area contributed by atoms with Crippen LogP contribution in [0.4, 0.5) is 4.79 Å². The van der Waals surface area contributed by atoms with Crippen LogP contribution in [0.1, 0.15) is 41.9 Å². The van der Waals surface area contributed by atoms with E-state index >= 15 is 0 Å². The van der Waals surface area contributed by atoms with Crippen LogP contribution in [0.2, 0.25) is 10.0 Å². The van der Waals surface area contributed by atoms with Crippen molar-refractivity contribution in [1.29, 1.82) is 0 Å². The van der Waals surface area contributed by atoms with E-state index in [-0.39, 0.29) is 24.0 Å². The van der Waals surface area contributed by atoms with Gasteiger partial charge in [-0.2, -0.15) is 0 Å². The van der Waals surface area contributed by atoms with Crippen LogP contribution < -0.4 is 10.6 Å². The summed E-state index contributed by atoms with van der Waals surface area (Å²) in [5.41, 5.74) is 0.801. The molecule has 2 N–H and O–H groups in total. The second-order valence-electron chi connectivity index (χ2n) is 6.55. The van der Waals surface area contributed by atoms with Gasteiger partial charge in [0.2, 0.25) is 0 Å². The molecule has 1 aromatic carbocycles. The summed E-state index contributed by atoms with van der Waals surface area (Å²) in [6.45, 7) is 3.01. The van der Waals surface area contributed by atoms with E-state index in [4.69, 9.17) is 27.6 Å². The summed E-state index contributed by atoms with van der Waals surface area (Å²) >= 11 is 12.1. The number of amides is 3. The molecule has 0 aliphatic carbocycles. The fraction of sp³-hybridized carbons (Fsp3) is 0.368. The Bertz CT molecular complexity index is 803. The van der Waals surface area contributed by atoms with E-state index in [1.54, 1.807) is 35.2 Å². The molecule has 1 atom stereocenters. The minimum atomic E-state index is -0.260. The van der Waals surface area contributed by atoms with Crippen molar-refractivity contribution in [2.75, 3.05) is 13.1 Å². The third kappa shape index (κ3) is 4.96. The van der Waals surface area contributed by atoms with Gasteiger partial charge in [-0.3, -0.25) is 4.79 Å². The minimum Gasteiger partial charge on any atom is -0.459 e. The first kappa shape index (κ1) is 19.6. The number of halogens is 2. The molecule has 27 heavy (non-hydrogen) atoms. The fourth-order valence-electron chi connectivity index (χ4n) is 3.14. The monoisotopic (exact) mass is 409 g/mol. The molecule has 2 heterocycles. The normalized spacial score (nSPS) is 16.0. The van der Waals surface area contributed by atoms with E-state index in [2.05, 4.69) is 10.6 Å². The molecule has 1 aliphatic rings. The molecule has 3 rings (SSSR count). The van der Waals surface area contributed by atoms with Gasteiger partial charge in [-0.25, -0.2) is 4.79 Å². The lowest BCUT2D eigenvalue weighted by atomic mass is 10.0. The largest absolute Gasteiger partial charge is 0.459 e. The number of urea groups is 1. The average Bonchev–Trinajstić information content (AvgIpc) is 3.16. The van der Waals surface area contributed by atoms with Gasteiger partial charge in [0.15, 0.2) is 5.76 Å². The highest BCUT2D eigenvalue weighted by atomic mass is 35.5. The topological polar surface area (TPSA) is 74.6 Å². The lowest BCUT2D eigenvalue weighted by Gasteiger charge is -2.32. The molecule has 1 saturated heterocycles. The van der Waals surface area contributed by atoms with Crippen molar-refractivity contribution in [3.8, 4) is 0 Å². The van der Waals surface area contributed by atoms with E-state index < -0.39 is 0 Å². The summed E-state index contributed by atoms with van der Waals surface area (Å²) in [5, 5.41) is 6.92. The molecule has 1 aliphatic heterocycles. The van der Waals surface area contributed by atoms with Crippen molar-refractivity contribution in [2.24, 2.45) is 0 Å². The second-order valence-corrected chi connectivity index (χ2v) is 7.39. The van der Waals surface area contributed by atoms with Crippen LogP contribution in [0.5, 0.6) is 0 Å². The number of nitrogens with zero attached hydrogens (tertiary/aromatic N) is 1. The molecule has 2 aromatic rings. The molecule has 6 nitrogen and oxygen atoms in total.